The first-order valence-electron chi connectivity index (χ1n) is 5.94. The van der Waals surface area contributed by atoms with Gasteiger partial charge in [0.15, 0.2) is 11.5 Å². The van der Waals surface area contributed by atoms with Crippen LogP contribution in [0.3, 0.4) is 0 Å². The molecule has 0 saturated heterocycles. The van der Waals surface area contributed by atoms with Gasteiger partial charge in [0.2, 0.25) is 0 Å². The van der Waals surface area contributed by atoms with E-state index in [0.717, 1.165) is 30.6 Å². The van der Waals surface area contributed by atoms with Crippen molar-refractivity contribution >= 4 is 0 Å². The molecule has 0 aliphatic heterocycles. The lowest BCUT2D eigenvalue weighted by atomic mass is 10.1. The van der Waals surface area contributed by atoms with Crippen molar-refractivity contribution in [1.82, 2.24) is 0 Å². The van der Waals surface area contributed by atoms with Crippen LogP contribution in [0.4, 0.5) is 0 Å². The Morgan fingerprint density at radius 2 is 2.24 bits per heavy atom. The molecule has 0 amide bonds. The van der Waals surface area contributed by atoms with Gasteiger partial charge in [0.1, 0.15) is 6.10 Å². The van der Waals surface area contributed by atoms with E-state index < -0.39 is 0 Å². The highest BCUT2D eigenvalue weighted by Gasteiger charge is 2.13. The molecule has 1 unspecified atom stereocenters. The highest BCUT2D eigenvalue weighted by molar-refractivity contribution is 5.43. The van der Waals surface area contributed by atoms with Crippen LogP contribution >= 0.6 is 0 Å². The van der Waals surface area contributed by atoms with Crippen LogP contribution in [0, 0.1) is 0 Å². The summed E-state index contributed by atoms with van der Waals surface area (Å²) in [6, 6.07) is 5.51. The Balaban J connectivity index is 2.14. The molecule has 0 spiro atoms. The summed E-state index contributed by atoms with van der Waals surface area (Å²) < 4.78 is 11.2. The maximum absolute atomic E-state index is 9.06. The zero-order valence-electron chi connectivity index (χ0n) is 10.1. The monoisotopic (exact) mass is 234 g/mol. The number of benzene rings is 1. The predicted octanol–water partition coefficient (Wildman–Crippen LogP) is 2.68. The number of allylic oxidation sites excluding steroid dienone is 1. The molecular formula is C14H18O3. The fourth-order valence-electron chi connectivity index (χ4n) is 1.95. The maximum atomic E-state index is 9.06. The second kappa shape index (κ2) is 5.73. The Hall–Kier alpha value is -1.48. The fraction of sp³-hybridized carbons (Fsp3) is 0.429. The van der Waals surface area contributed by atoms with Gasteiger partial charge in [-0.3, -0.25) is 0 Å². The summed E-state index contributed by atoms with van der Waals surface area (Å²) in [5.74, 6) is 1.41. The van der Waals surface area contributed by atoms with Crippen molar-refractivity contribution in [3.63, 3.8) is 0 Å². The van der Waals surface area contributed by atoms with Gasteiger partial charge in [-0.15, -0.1) is 0 Å². The summed E-state index contributed by atoms with van der Waals surface area (Å²) in [6.45, 7) is 0.0139. The third kappa shape index (κ3) is 3.01. The lowest BCUT2D eigenvalue weighted by molar-refractivity contribution is 0.219. The molecule has 0 bridgehead atoms. The zero-order chi connectivity index (χ0) is 12.1. The topological polar surface area (TPSA) is 38.7 Å². The molecule has 0 saturated carbocycles. The van der Waals surface area contributed by atoms with Gasteiger partial charge >= 0.3 is 0 Å². The number of ether oxygens (including phenoxy) is 2. The van der Waals surface area contributed by atoms with Crippen molar-refractivity contribution in [1.29, 1.82) is 0 Å². The lowest BCUT2D eigenvalue weighted by Gasteiger charge is -2.20. The molecule has 1 atom stereocenters. The summed E-state index contributed by atoms with van der Waals surface area (Å²) in [6.07, 6.45) is 7.74. The van der Waals surface area contributed by atoms with Crippen LogP contribution < -0.4 is 9.47 Å². The minimum atomic E-state index is 0.0139. The number of hydrogen-bond acceptors (Lipinski definition) is 3. The average Bonchev–Trinajstić information content (AvgIpc) is 2.40. The number of hydrogen-bond donors (Lipinski definition) is 1. The van der Waals surface area contributed by atoms with Crippen LogP contribution in [0.1, 0.15) is 24.8 Å². The van der Waals surface area contributed by atoms with Crippen LogP contribution in [0.15, 0.2) is 30.4 Å². The van der Waals surface area contributed by atoms with E-state index in [1.807, 2.05) is 18.2 Å². The highest BCUT2D eigenvalue weighted by atomic mass is 16.5. The van der Waals surface area contributed by atoms with Crippen molar-refractivity contribution in [3.05, 3.63) is 35.9 Å². The van der Waals surface area contributed by atoms with Gasteiger partial charge in [-0.2, -0.15) is 0 Å². The molecule has 1 aliphatic carbocycles. The normalized spacial score (nSPS) is 19.1. The quantitative estimate of drug-likeness (QED) is 0.814. The standard InChI is InChI=1S/C14H18O3/c1-16-14-9-11(10-15)7-8-13(14)17-12-5-3-2-4-6-12/h3,5,7-9,12,15H,2,4,6,10H2,1H3. The Kier molecular flexibility index (Phi) is 4.04. The van der Waals surface area contributed by atoms with Crippen molar-refractivity contribution in [2.24, 2.45) is 0 Å². The van der Waals surface area contributed by atoms with E-state index in [4.69, 9.17) is 14.6 Å². The Labute approximate surface area is 102 Å². The summed E-state index contributed by atoms with van der Waals surface area (Å²) in [5, 5.41) is 9.06. The Bertz CT molecular complexity index is 398. The molecule has 0 heterocycles. The molecule has 3 heteroatoms. The molecule has 92 valence electrons. The van der Waals surface area contributed by atoms with Crippen molar-refractivity contribution in [2.45, 2.75) is 32.0 Å². The van der Waals surface area contributed by atoms with E-state index in [2.05, 4.69) is 12.2 Å². The summed E-state index contributed by atoms with van der Waals surface area (Å²) in [4.78, 5) is 0. The molecule has 1 N–H and O–H groups in total. The van der Waals surface area contributed by atoms with Gasteiger partial charge in [-0.05, 0) is 43.0 Å². The Morgan fingerprint density at radius 1 is 1.35 bits per heavy atom. The fourth-order valence-corrected chi connectivity index (χ4v) is 1.95. The van der Waals surface area contributed by atoms with Crippen molar-refractivity contribution in [3.8, 4) is 11.5 Å². The zero-order valence-corrected chi connectivity index (χ0v) is 10.1. The SMILES string of the molecule is COc1cc(CO)ccc1OC1C=CCCC1. The van der Waals surface area contributed by atoms with E-state index in [1.165, 1.54) is 0 Å². The van der Waals surface area contributed by atoms with Crippen LogP contribution in [0.25, 0.3) is 0 Å². The largest absolute Gasteiger partial charge is 0.493 e. The number of rotatable bonds is 4. The van der Waals surface area contributed by atoms with E-state index in [-0.39, 0.29) is 12.7 Å². The molecular weight excluding hydrogens is 216 g/mol. The molecule has 3 nitrogen and oxygen atoms in total. The highest BCUT2D eigenvalue weighted by Crippen LogP contribution is 2.30. The number of methoxy groups -OCH3 is 1. The van der Waals surface area contributed by atoms with Crippen molar-refractivity contribution in [2.75, 3.05) is 7.11 Å². The van der Waals surface area contributed by atoms with Crippen LogP contribution in [-0.4, -0.2) is 18.3 Å². The average molecular weight is 234 g/mol. The molecule has 2 rings (SSSR count). The molecule has 1 aromatic carbocycles. The van der Waals surface area contributed by atoms with E-state index >= 15 is 0 Å². The summed E-state index contributed by atoms with van der Waals surface area (Å²) in [7, 11) is 1.61. The smallest absolute Gasteiger partial charge is 0.162 e. The maximum Gasteiger partial charge on any atom is 0.162 e. The second-order valence-corrected chi connectivity index (χ2v) is 4.16. The van der Waals surface area contributed by atoms with Crippen LogP contribution in [0.2, 0.25) is 0 Å². The first kappa shape index (κ1) is 12.0. The molecule has 0 radical (unpaired) electrons. The molecule has 17 heavy (non-hydrogen) atoms. The van der Waals surface area contributed by atoms with Gasteiger partial charge < -0.3 is 14.6 Å². The minimum absolute atomic E-state index is 0.0139. The van der Waals surface area contributed by atoms with Gasteiger partial charge in [0.05, 0.1) is 13.7 Å². The summed E-state index contributed by atoms with van der Waals surface area (Å²) >= 11 is 0. The predicted molar refractivity (Wildman–Crippen MR) is 66.3 cm³/mol. The number of aliphatic hydroxyl groups is 1. The van der Waals surface area contributed by atoms with E-state index in [0.29, 0.717) is 5.75 Å². The third-order valence-corrected chi connectivity index (χ3v) is 2.90. The first-order chi connectivity index (χ1) is 8.33. The second-order valence-electron chi connectivity index (χ2n) is 4.16. The molecule has 0 aromatic heterocycles. The molecule has 1 aliphatic rings. The van der Waals surface area contributed by atoms with Gasteiger partial charge in [0.25, 0.3) is 0 Å². The van der Waals surface area contributed by atoms with E-state index in [1.54, 1.807) is 7.11 Å². The van der Waals surface area contributed by atoms with Gasteiger partial charge in [0, 0.05) is 0 Å². The van der Waals surface area contributed by atoms with Crippen LogP contribution in [0.5, 0.6) is 11.5 Å². The summed E-state index contributed by atoms with van der Waals surface area (Å²) in [5.41, 5.74) is 0.827. The lowest BCUT2D eigenvalue weighted by Crippen LogP contribution is -2.16. The number of aliphatic hydroxyl groups excluding tert-OH is 1. The van der Waals surface area contributed by atoms with E-state index in [9.17, 15) is 0 Å². The molecule has 1 aromatic rings. The third-order valence-electron chi connectivity index (χ3n) is 2.90. The van der Waals surface area contributed by atoms with Gasteiger partial charge in [-0.1, -0.05) is 12.1 Å². The first-order valence-corrected chi connectivity index (χ1v) is 5.94. The molecule has 0 fully saturated rings. The van der Waals surface area contributed by atoms with Crippen molar-refractivity contribution < 1.29 is 14.6 Å². The minimum Gasteiger partial charge on any atom is -0.493 e. The van der Waals surface area contributed by atoms with Gasteiger partial charge in [-0.25, -0.2) is 0 Å². The Morgan fingerprint density at radius 3 is 2.88 bits per heavy atom. The van der Waals surface area contributed by atoms with Crippen LogP contribution in [-0.2, 0) is 6.61 Å².